The fourth-order valence-electron chi connectivity index (χ4n) is 4.64. The smallest absolute Gasteiger partial charge is 0.263 e. The average Bonchev–Trinajstić information content (AvgIpc) is 3.08. The molecule has 0 bridgehead atoms. The highest BCUT2D eigenvalue weighted by molar-refractivity contribution is 7.90. The minimum Gasteiger partial charge on any atom is -0.351 e. The zero-order chi connectivity index (χ0) is 24.1. The molecule has 0 aromatic heterocycles. The van der Waals surface area contributed by atoms with Crippen LogP contribution in [-0.2, 0) is 21.4 Å². The number of aryl methyl sites for hydroxylation is 1. The Morgan fingerprint density at radius 1 is 1.18 bits per heavy atom. The van der Waals surface area contributed by atoms with Gasteiger partial charge < -0.3 is 5.32 Å². The van der Waals surface area contributed by atoms with Crippen molar-refractivity contribution in [1.29, 1.82) is 0 Å². The maximum absolute atomic E-state index is 13.2. The molecule has 2 aliphatic rings. The number of nitrogens with one attached hydrogen (secondary N) is 2. The third-order valence-electron chi connectivity index (χ3n) is 6.50. The zero-order valence-corrected chi connectivity index (χ0v) is 20.8. The van der Waals surface area contributed by atoms with Crippen LogP contribution in [0.15, 0.2) is 58.4 Å². The molecule has 0 saturated carbocycles. The van der Waals surface area contributed by atoms with Crippen LogP contribution in [0.5, 0.6) is 0 Å². The molecule has 2 aromatic rings. The first-order chi connectivity index (χ1) is 16.4. The van der Waals surface area contributed by atoms with Gasteiger partial charge in [0.1, 0.15) is 11.9 Å². The molecule has 1 fully saturated rings. The third-order valence-corrected chi connectivity index (χ3v) is 7.90. The summed E-state index contributed by atoms with van der Waals surface area (Å²) in [5.41, 5.74) is 3.12. The van der Waals surface area contributed by atoms with E-state index in [1.807, 2.05) is 0 Å². The Kier molecular flexibility index (Phi) is 7.68. The third kappa shape index (κ3) is 5.85. The number of aliphatic imine (C=N–C) groups is 1. The lowest BCUT2D eigenvalue weighted by atomic mass is 10.0. The number of piperidine rings is 1. The molecule has 0 spiro atoms. The molecule has 2 aliphatic heterocycles. The van der Waals surface area contributed by atoms with E-state index in [0.29, 0.717) is 12.0 Å². The van der Waals surface area contributed by atoms with Crippen LogP contribution in [0.3, 0.4) is 0 Å². The molecule has 4 rings (SSSR count). The highest BCUT2D eigenvalue weighted by atomic mass is 32.2. The largest absolute Gasteiger partial charge is 0.351 e. The first kappa shape index (κ1) is 24.4. The Bertz CT molecular complexity index is 1150. The van der Waals surface area contributed by atoms with Gasteiger partial charge in [-0.15, -0.1) is 0 Å². The maximum atomic E-state index is 13.2. The summed E-state index contributed by atoms with van der Waals surface area (Å²) < 4.78 is 27.4. The van der Waals surface area contributed by atoms with Crippen LogP contribution in [0.4, 0.5) is 0 Å². The molecule has 34 heavy (non-hydrogen) atoms. The monoisotopic (exact) mass is 482 g/mol. The van der Waals surface area contributed by atoms with E-state index >= 15 is 0 Å². The van der Waals surface area contributed by atoms with Gasteiger partial charge in [0.25, 0.3) is 10.0 Å². The van der Waals surface area contributed by atoms with E-state index in [9.17, 15) is 13.2 Å². The minimum absolute atomic E-state index is 0.109. The van der Waals surface area contributed by atoms with Gasteiger partial charge in [-0.3, -0.25) is 19.4 Å². The van der Waals surface area contributed by atoms with Gasteiger partial charge in [0.05, 0.1) is 4.90 Å². The molecule has 1 unspecified atom stereocenters. The number of likely N-dealkylation sites (tertiary alicyclic amines) is 1. The summed E-state index contributed by atoms with van der Waals surface area (Å²) >= 11 is 0. The van der Waals surface area contributed by atoms with Crippen molar-refractivity contribution in [1.82, 2.24) is 14.9 Å². The van der Waals surface area contributed by atoms with E-state index in [2.05, 4.69) is 58.0 Å². The molecule has 8 heteroatoms. The molecule has 1 amide bonds. The molecular weight excluding hydrogens is 448 g/mol. The van der Waals surface area contributed by atoms with Gasteiger partial charge in [-0.05, 0) is 43.9 Å². The summed E-state index contributed by atoms with van der Waals surface area (Å²) in [6.07, 6.45) is 4.16. The van der Waals surface area contributed by atoms with Gasteiger partial charge >= 0.3 is 0 Å². The van der Waals surface area contributed by atoms with Crippen LogP contribution >= 0.6 is 0 Å². The van der Waals surface area contributed by atoms with E-state index in [1.54, 1.807) is 24.3 Å². The summed E-state index contributed by atoms with van der Waals surface area (Å²) in [7, 11) is -3.63. The minimum atomic E-state index is -3.63. The van der Waals surface area contributed by atoms with E-state index in [4.69, 9.17) is 0 Å². The van der Waals surface area contributed by atoms with Gasteiger partial charge in [0.2, 0.25) is 5.91 Å². The van der Waals surface area contributed by atoms with E-state index in [1.165, 1.54) is 11.1 Å². The van der Waals surface area contributed by atoms with Crippen molar-refractivity contribution >= 4 is 21.8 Å². The van der Waals surface area contributed by atoms with Crippen LogP contribution in [0.1, 0.15) is 55.7 Å². The average molecular weight is 483 g/mol. The van der Waals surface area contributed by atoms with Crippen LogP contribution in [0, 0.1) is 6.92 Å². The molecule has 7 nitrogen and oxygen atoms in total. The molecule has 0 aliphatic carbocycles. The Hall–Kier alpha value is -2.71. The number of carbonyl (C=O) groups excluding carboxylic acids is 1. The molecule has 1 saturated heterocycles. The lowest BCUT2D eigenvalue weighted by Crippen LogP contribution is -2.47. The zero-order valence-electron chi connectivity index (χ0n) is 20.0. The van der Waals surface area contributed by atoms with Crippen molar-refractivity contribution in [3.8, 4) is 0 Å². The van der Waals surface area contributed by atoms with Crippen molar-refractivity contribution in [3.05, 3.63) is 65.2 Å². The van der Waals surface area contributed by atoms with Crippen molar-refractivity contribution in [2.45, 2.75) is 69.5 Å². The molecular formula is C26H34N4O3S. The number of hydrogen-bond donors (Lipinski definition) is 2. The summed E-state index contributed by atoms with van der Waals surface area (Å²) in [4.78, 5) is 20.4. The standard InChI is InChI=1S/C26H34N4O3S/c1-3-4-11-23(28-25-22-10-5-6-12-24(22)34(32,33)29-25)26(31)27-21-13-15-30(16-14-21)18-20-9-7-8-19(2)17-20/h5-10,12,17,21,23H,3-4,11,13-16,18H2,1-2H3,(H,27,31)(H,28,29). The second kappa shape index (κ2) is 10.7. The molecule has 2 aromatic carbocycles. The fourth-order valence-corrected chi connectivity index (χ4v) is 5.88. The predicted molar refractivity (Wildman–Crippen MR) is 134 cm³/mol. The van der Waals surface area contributed by atoms with Gasteiger partial charge in [-0.2, -0.15) is 0 Å². The number of hydrogen-bond acceptors (Lipinski definition) is 5. The number of sulfonamides is 1. The quantitative estimate of drug-likeness (QED) is 0.604. The number of nitrogens with zero attached hydrogens (tertiary/aromatic N) is 2. The number of fused-ring (bicyclic) bond motifs is 1. The number of amides is 1. The van der Waals surface area contributed by atoms with E-state index in [-0.39, 0.29) is 22.7 Å². The summed E-state index contributed by atoms with van der Waals surface area (Å²) in [6, 6.07) is 14.8. The Balaban J connectivity index is 1.39. The SMILES string of the molecule is CCCCC(N=C1NS(=O)(=O)c2ccccc21)C(=O)NC1CCN(Cc2cccc(C)c2)CC1. The summed E-state index contributed by atoms with van der Waals surface area (Å²) in [5, 5.41) is 3.19. The normalized spacial score (nSPS) is 20.0. The van der Waals surface area contributed by atoms with E-state index < -0.39 is 16.1 Å². The number of unbranched alkanes of at least 4 members (excludes halogenated alkanes) is 1. The number of carbonyl (C=O) groups is 1. The van der Waals surface area contributed by atoms with Crippen molar-refractivity contribution in [3.63, 3.8) is 0 Å². The molecule has 182 valence electrons. The lowest BCUT2D eigenvalue weighted by molar-refractivity contribution is -0.123. The van der Waals surface area contributed by atoms with Crippen molar-refractivity contribution in [2.75, 3.05) is 13.1 Å². The van der Waals surface area contributed by atoms with Crippen molar-refractivity contribution < 1.29 is 13.2 Å². The molecule has 2 N–H and O–H groups in total. The highest BCUT2D eigenvalue weighted by Gasteiger charge is 2.32. The van der Waals surface area contributed by atoms with Crippen LogP contribution in [0.2, 0.25) is 0 Å². The molecule has 2 heterocycles. The first-order valence-corrected chi connectivity index (χ1v) is 13.6. The van der Waals surface area contributed by atoms with Crippen LogP contribution < -0.4 is 10.0 Å². The number of amidine groups is 1. The second-order valence-corrected chi connectivity index (χ2v) is 10.9. The molecule has 0 radical (unpaired) electrons. The fraction of sp³-hybridized carbons (Fsp3) is 0.462. The number of rotatable bonds is 8. The number of benzene rings is 2. The summed E-state index contributed by atoms with van der Waals surface area (Å²) in [6.45, 7) is 6.97. The van der Waals surface area contributed by atoms with Gasteiger partial charge in [0, 0.05) is 31.2 Å². The molecule has 1 atom stereocenters. The second-order valence-electron chi connectivity index (χ2n) is 9.29. The van der Waals surface area contributed by atoms with Crippen molar-refractivity contribution in [2.24, 2.45) is 4.99 Å². The first-order valence-electron chi connectivity index (χ1n) is 12.1. The van der Waals surface area contributed by atoms with Crippen LogP contribution in [0.25, 0.3) is 0 Å². The summed E-state index contributed by atoms with van der Waals surface area (Å²) in [5.74, 6) is 0.140. The van der Waals surface area contributed by atoms with Gasteiger partial charge in [-0.25, -0.2) is 8.42 Å². The van der Waals surface area contributed by atoms with Gasteiger partial charge in [-0.1, -0.05) is 61.7 Å². The van der Waals surface area contributed by atoms with E-state index in [0.717, 1.165) is 45.3 Å². The highest BCUT2D eigenvalue weighted by Crippen LogP contribution is 2.23. The topological polar surface area (TPSA) is 90.9 Å². The maximum Gasteiger partial charge on any atom is 0.263 e. The Labute approximate surface area is 202 Å². The Morgan fingerprint density at radius 2 is 1.94 bits per heavy atom. The Morgan fingerprint density at radius 3 is 2.68 bits per heavy atom. The van der Waals surface area contributed by atoms with Gasteiger partial charge in [0.15, 0.2) is 0 Å². The predicted octanol–water partition coefficient (Wildman–Crippen LogP) is 3.37. The lowest BCUT2D eigenvalue weighted by Gasteiger charge is -2.33. The van der Waals surface area contributed by atoms with Crippen LogP contribution in [-0.4, -0.2) is 50.2 Å².